The molecule has 4 unspecified atom stereocenters. The number of aliphatic hydroxyl groups excluding tert-OH is 1. The van der Waals surface area contributed by atoms with Crippen LogP contribution in [0.4, 0.5) is 4.39 Å². The van der Waals surface area contributed by atoms with Crippen LogP contribution in [0, 0.1) is 17.7 Å². The molecule has 5 heteroatoms. The molecule has 1 aromatic rings. The highest BCUT2D eigenvalue weighted by molar-refractivity contribution is 6.31. The summed E-state index contributed by atoms with van der Waals surface area (Å²) < 4.78 is 13.8. The Kier molecular flexibility index (Phi) is 5.22. The van der Waals surface area contributed by atoms with E-state index in [9.17, 15) is 14.3 Å². The van der Waals surface area contributed by atoms with E-state index in [2.05, 4.69) is 5.32 Å². The molecule has 21 heavy (non-hydrogen) atoms. The zero-order valence-electron chi connectivity index (χ0n) is 12.3. The average molecular weight is 314 g/mol. The van der Waals surface area contributed by atoms with Gasteiger partial charge in [0, 0.05) is 29.0 Å². The Bertz CT molecular complexity index is 503. The molecule has 0 saturated heterocycles. The molecule has 1 aliphatic rings. The van der Waals surface area contributed by atoms with Crippen LogP contribution in [0.2, 0.25) is 5.02 Å². The van der Waals surface area contributed by atoms with Crippen molar-refractivity contribution in [2.24, 2.45) is 11.8 Å². The van der Waals surface area contributed by atoms with E-state index in [1.54, 1.807) is 12.1 Å². The molecule has 1 aliphatic carbocycles. The van der Waals surface area contributed by atoms with Gasteiger partial charge in [-0.15, -0.1) is 0 Å². The third-order valence-corrected chi connectivity index (χ3v) is 4.61. The van der Waals surface area contributed by atoms with Gasteiger partial charge in [0.2, 0.25) is 5.91 Å². The first kappa shape index (κ1) is 16.2. The molecule has 116 valence electrons. The largest absolute Gasteiger partial charge is 0.391 e. The quantitative estimate of drug-likeness (QED) is 0.848. The van der Waals surface area contributed by atoms with Crippen molar-refractivity contribution in [2.45, 2.75) is 38.7 Å². The van der Waals surface area contributed by atoms with Crippen molar-refractivity contribution in [3.63, 3.8) is 0 Å². The van der Waals surface area contributed by atoms with Gasteiger partial charge < -0.3 is 10.4 Å². The van der Waals surface area contributed by atoms with E-state index in [1.807, 2.05) is 13.8 Å². The summed E-state index contributed by atoms with van der Waals surface area (Å²) in [5, 5.41) is 13.0. The number of carbonyl (C=O) groups is 1. The van der Waals surface area contributed by atoms with E-state index in [0.717, 1.165) is 6.42 Å². The summed E-state index contributed by atoms with van der Waals surface area (Å²) in [6, 6.07) is 4.56. The van der Waals surface area contributed by atoms with E-state index in [4.69, 9.17) is 11.6 Å². The summed E-state index contributed by atoms with van der Waals surface area (Å²) in [7, 11) is 0. The number of rotatable bonds is 6. The number of hydrogen-bond donors (Lipinski definition) is 2. The first-order valence-electron chi connectivity index (χ1n) is 7.35. The Morgan fingerprint density at radius 3 is 2.90 bits per heavy atom. The van der Waals surface area contributed by atoms with Gasteiger partial charge in [0.1, 0.15) is 5.82 Å². The second-order valence-corrected chi connectivity index (χ2v) is 6.19. The lowest BCUT2D eigenvalue weighted by molar-refractivity contribution is -0.123. The summed E-state index contributed by atoms with van der Waals surface area (Å²) in [5.41, 5.74) is 0.432. The molecule has 1 amide bonds. The van der Waals surface area contributed by atoms with E-state index in [-0.39, 0.29) is 36.0 Å². The molecule has 0 radical (unpaired) electrons. The minimum atomic E-state index is -0.548. The predicted octanol–water partition coefficient (Wildman–Crippen LogP) is 3.11. The van der Waals surface area contributed by atoms with Crippen molar-refractivity contribution in [3.8, 4) is 0 Å². The first-order valence-corrected chi connectivity index (χ1v) is 7.73. The molecular formula is C16H21ClFNO2. The minimum Gasteiger partial charge on any atom is -0.391 e. The lowest BCUT2D eigenvalue weighted by Crippen LogP contribution is -2.36. The van der Waals surface area contributed by atoms with Gasteiger partial charge in [0.05, 0.1) is 6.10 Å². The molecular weight excluding hydrogens is 293 g/mol. The summed E-state index contributed by atoms with van der Waals surface area (Å²) in [4.78, 5) is 12.0. The number of hydrogen-bond acceptors (Lipinski definition) is 2. The molecule has 0 bridgehead atoms. The Labute approximate surface area is 129 Å². The first-order chi connectivity index (χ1) is 9.95. The molecule has 3 nitrogen and oxygen atoms in total. The second-order valence-electron chi connectivity index (χ2n) is 5.78. The molecule has 0 aromatic heterocycles. The van der Waals surface area contributed by atoms with Gasteiger partial charge >= 0.3 is 0 Å². The van der Waals surface area contributed by atoms with Crippen LogP contribution in [0.5, 0.6) is 0 Å². The maximum Gasteiger partial charge on any atom is 0.223 e. The number of carbonyl (C=O) groups excluding carboxylic acids is 1. The van der Waals surface area contributed by atoms with E-state index < -0.39 is 6.10 Å². The van der Waals surface area contributed by atoms with Crippen LogP contribution in [-0.2, 0) is 4.79 Å². The van der Waals surface area contributed by atoms with Gasteiger partial charge in [-0.3, -0.25) is 4.79 Å². The SMILES string of the molecule is CCC(C)C(O)CNC(=O)C1CC1c1c(F)cccc1Cl. The summed E-state index contributed by atoms with van der Waals surface area (Å²) in [5.74, 6) is -0.756. The Hall–Kier alpha value is -1.13. The smallest absolute Gasteiger partial charge is 0.223 e. The summed E-state index contributed by atoms with van der Waals surface area (Å²) in [6.07, 6.45) is 0.910. The standard InChI is InChI=1S/C16H21ClFNO2/c1-3-9(2)14(20)8-19-16(21)11-7-10(11)15-12(17)5-4-6-13(15)18/h4-6,9-11,14,20H,3,7-8H2,1-2H3,(H,19,21). The zero-order chi connectivity index (χ0) is 15.6. The van der Waals surface area contributed by atoms with Crippen molar-refractivity contribution < 1.29 is 14.3 Å². The van der Waals surface area contributed by atoms with Crippen molar-refractivity contribution in [1.82, 2.24) is 5.32 Å². The van der Waals surface area contributed by atoms with Gasteiger partial charge in [-0.1, -0.05) is 37.9 Å². The summed E-state index contributed by atoms with van der Waals surface area (Å²) in [6.45, 7) is 4.17. The van der Waals surface area contributed by atoms with Crippen LogP contribution >= 0.6 is 11.6 Å². The average Bonchev–Trinajstić information content (AvgIpc) is 3.23. The van der Waals surface area contributed by atoms with Crippen LogP contribution in [-0.4, -0.2) is 23.7 Å². The summed E-state index contributed by atoms with van der Waals surface area (Å²) >= 11 is 6.01. The molecule has 1 saturated carbocycles. The third kappa shape index (κ3) is 3.74. The Balaban J connectivity index is 1.90. The van der Waals surface area contributed by atoms with Gasteiger partial charge in [-0.2, -0.15) is 0 Å². The highest BCUT2D eigenvalue weighted by Crippen LogP contribution is 2.50. The molecule has 1 fully saturated rings. The number of benzene rings is 1. The van der Waals surface area contributed by atoms with Crippen molar-refractivity contribution in [2.75, 3.05) is 6.54 Å². The fourth-order valence-corrected chi connectivity index (χ4v) is 2.78. The van der Waals surface area contributed by atoms with Crippen LogP contribution < -0.4 is 5.32 Å². The van der Waals surface area contributed by atoms with Crippen LogP contribution in [0.1, 0.15) is 38.2 Å². The molecule has 0 spiro atoms. The zero-order valence-corrected chi connectivity index (χ0v) is 13.0. The van der Waals surface area contributed by atoms with E-state index in [1.165, 1.54) is 6.07 Å². The number of halogens is 2. The van der Waals surface area contributed by atoms with Crippen LogP contribution in [0.15, 0.2) is 18.2 Å². The lowest BCUT2D eigenvalue weighted by Gasteiger charge is -2.17. The minimum absolute atomic E-state index is 0.137. The number of amides is 1. The van der Waals surface area contributed by atoms with Gasteiger partial charge in [0.25, 0.3) is 0 Å². The molecule has 2 N–H and O–H groups in total. The second kappa shape index (κ2) is 6.75. The molecule has 4 atom stereocenters. The maximum atomic E-state index is 13.8. The number of aliphatic hydroxyl groups is 1. The fraction of sp³-hybridized carbons (Fsp3) is 0.562. The van der Waals surface area contributed by atoms with Crippen molar-refractivity contribution in [3.05, 3.63) is 34.6 Å². The highest BCUT2D eigenvalue weighted by atomic mass is 35.5. The lowest BCUT2D eigenvalue weighted by atomic mass is 10.0. The third-order valence-electron chi connectivity index (χ3n) is 4.28. The molecule has 0 heterocycles. The normalized spacial score (nSPS) is 23.5. The monoisotopic (exact) mass is 313 g/mol. The number of nitrogens with one attached hydrogen (secondary N) is 1. The predicted molar refractivity (Wildman–Crippen MR) is 80.7 cm³/mol. The molecule has 0 aliphatic heterocycles. The van der Waals surface area contributed by atoms with Crippen LogP contribution in [0.25, 0.3) is 0 Å². The van der Waals surface area contributed by atoms with Crippen LogP contribution in [0.3, 0.4) is 0 Å². The molecule has 1 aromatic carbocycles. The topological polar surface area (TPSA) is 49.3 Å². The Morgan fingerprint density at radius 1 is 1.57 bits per heavy atom. The molecule has 2 rings (SSSR count). The Morgan fingerprint density at radius 2 is 2.29 bits per heavy atom. The highest BCUT2D eigenvalue weighted by Gasteiger charge is 2.46. The van der Waals surface area contributed by atoms with Gasteiger partial charge in [0.15, 0.2) is 0 Å². The van der Waals surface area contributed by atoms with Gasteiger partial charge in [-0.25, -0.2) is 4.39 Å². The van der Waals surface area contributed by atoms with E-state index >= 15 is 0 Å². The maximum absolute atomic E-state index is 13.8. The van der Waals surface area contributed by atoms with Crippen molar-refractivity contribution >= 4 is 17.5 Å². The van der Waals surface area contributed by atoms with E-state index in [0.29, 0.717) is 17.0 Å². The van der Waals surface area contributed by atoms with Gasteiger partial charge in [-0.05, 0) is 24.5 Å². The fourth-order valence-electron chi connectivity index (χ4n) is 2.48. The van der Waals surface area contributed by atoms with Crippen molar-refractivity contribution in [1.29, 1.82) is 0 Å².